The molecule has 0 aliphatic heterocycles. The Morgan fingerprint density at radius 3 is 2.47 bits per heavy atom. The van der Waals surface area contributed by atoms with Crippen molar-refractivity contribution in [2.45, 2.75) is 47.1 Å². The molecule has 0 fully saturated rings. The maximum atomic E-state index is 13.5. The summed E-state index contributed by atoms with van der Waals surface area (Å²) >= 11 is 0. The van der Waals surface area contributed by atoms with Crippen LogP contribution >= 0.6 is 0 Å². The Kier molecular flexibility index (Phi) is 5.95. The average molecular weight is 429 g/mol. The highest BCUT2D eigenvalue weighted by molar-refractivity contribution is 5.91. The van der Waals surface area contributed by atoms with E-state index in [1.165, 1.54) is 0 Å². The van der Waals surface area contributed by atoms with E-state index in [-0.39, 0.29) is 17.9 Å². The molecule has 0 spiro atoms. The minimum absolute atomic E-state index is 0.0567. The van der Waals surface area contributed by atoms with Gasteiger partial charge in [0.25, 0.3) is 5.56 Å². The number of hydrogen-bond donors (Lipinski definition) is 1. The zero-order valence-corrected chi connectivity index (χ0v) is 19.0. The van der Waals surface area contributed by atoms with Gasteiger partial charge in [0.1, 0.15) is 5.65 Å². The second-order valence-electron chi connectivity index (χ2n) is 8.10. The molecule has 1 N–H and O–H groups in total. The third-order valence-electron chi connectivity index (χ3n) is 5.84. The van der Waals surface area contributed by atoms with E-state index in [1.807, 2.05) is 80.9 Å². The zero-order valence-electron chi connectivity index (χ0n) is 19.0. The summed E-state index contributed by atoms with van der Waals surface area (Å²) in [6, 6.07) is 17.5. The van der Waals surface area contributed by atoms with Crippen LogP contribution in [0.2, 0.25) is 0 Å². The molecule has 4 rings (SSSR count). The molecule has 0 radical (unpaired) electrons. The number of carbonyl (C=O) groups is 1. The number of nitrogens with one attached hydrogen (secondary N) is 1. The van der Waals surface area contributed by atoms with Gasteiger partial charge in [-0.2, -0.15) is 5.10 Å². The van der Waals surface area contributed by atoms with Crippen molar-refractivity contribution in [2.24, 2.45) is 0 Å². The smallest absolute Gasteiger partial charge is 0.255 e. The van der Waals surface area contributed by atoms with E-state index in [4.69, 9.17) is 5.10 Å². The molecule has 0 aliphatic carbocycles. The molecule has 0 saturated carbocycles. The predicted molar refractivity (Wildman–Crippen MR) is 129 cm³/mol. The number of hydrogen-bond acceptors (Lipinski definition) is 3. The first-order chi connectivity index (χ1) is 15.4. The van der Waals surface area contributed by atoms with Crippen molar-refractivity contribution in [3.8, 4) is 5.69 Å². The molecule has 0 aliphatic rings. The number of fused-ring (bicyclic) bond motifs is 1. The molecular weight excluding hydrogens is 400 g/mol. The molecule has 0 unspecified atom stereocenters. The van der Waals surface area contributed by atoms with E-state index in [0.717, 1.165) is 39.2 Å². The maximum absolute atomic E-state index is 13.5. The van der Waals surface area contributed by atoms with Gasteiger partial charge < -0.3 is 5.32 Å². The topological polar surface area (TPSA) is 68.9 Å². The Bertz CT molecular complexity index is 1350. The molecule has 2 heterocycles. The third kappa shape index (κ3) is 3.96. The highest BCUT2D eigenvalue weighted by Crippen LogP contribution is 2.26. The quantitative estimate of drug-likeness (QED) is 0.484. The van der Waals surface area contributed by atoms with Gasteiger partial charge in [-0.05, 0) is 69.5 Å². The van der Waals surface area contributed by atoms with Crippen molar-refractivity contribution >= 4 is 22.6 Å². The first kappa shape index (κ1) is 21.6. The molecule has 32 heavy (non-hydrogen) atoms. The normalized spacial score (nSPS) is 11.1. The predicted octanol–water partition coefficient (Wildman–Crippen LogP) is 4.70. The number of amides is 1. The van der Waals surface area contributed by atoms with Crippen LogP contribution in [0.5, 0.6) is 0 Å². The molecule has 6 nitrogen and oxygen atoms in total. The van der Waals surface area contributed by atoms with Gasteiger partial charge in [-0.1, -0.05) is 30.3 Å². The van der Waals surface area contributed by atoms with E-state index < -0.39 is 0 Å². The van der Waals surface area contributed by atoms with E-state index in [2.05, 4.69) is 11.4 Å². The maximum Gasteiger partial charge on any atom is 0.255 e. The SMILES string of the molecule is CCn1c(=O)c(CCC(=O)Nc2ccccc2)c(C)c2c(C)nn(-c3cccc(C)c3)c21. The molecule has 164 valence electrons. The van der Waals surface area contributed by atoms with E-state index >= 15 is 0 Å². The molecule has 0 saturated heterocycles. The lowest BCUT2D eigenvalue weighted by molar-refractivity contribution is -0.116. The van der Waals surface area contributed by atoms with Gasteiger partial charge in [-0.25, -0.2) is 4.68 Å². The highest BCUT2D eigenvalue weighted by Gasteiger charge is 2.21. The zero-order chi connectivity index (χ0) is 22.8. The van der Waals surface area contributed by atoms with Gasteiger partial charge in [-0.3, -0.25) is 14.2 Å². The second-order valence-corrected chi connectivity index (χ2v) is 8.10. The van der Waals surface area contributed by atoms with Crippen LogP contribution in [-0.4, -0.2) is 20.3 Å². The monoisotopic (exact) mass is 428 g/mol. The number of aryl methyl sites for hydroxylation is 4. The summed E-state index contributed by atoms with van der Waals surface area (Å²) in [5.41, 5.74) is 6.01. The molecule has 2 aromatic heterocycles. The minimum atomic E-state index is -0.106. The van der Waals surface area contributed by atoms with Crippen LogP contribution in [0.15, 0.2) is 59.4 Å². The Morgan fingerprint density at radius 1 is 1.03 bits per heavy atom. The van der Waals surface area contributed by atoms with Crippen LogP contribution in [0.25, 0.3) is 16.7 Å². The highest BCUT2D eigenvalue weighted by atomic mass is 16.1. The third-order valence-corrected chi connectivity index (χ3v) is 5.84. The standard InChI is InChI=1S/C26H28N4O2/c1-5-29-25-24(19(4)28-30(25)21-13-9-10-17(2)16-21)18(3)22(26(29)32)14-15-23(31)27-20-11-7-6-8-12-20/h6-13,16H,5,14-15H2,1-4H3,(H,27,31). The van der Waals surface area contributed by atoms with Gasteiger partial charge in [0, 0.05) is 29.6 Å². The van der Waals surface area contributed by atoms with Gasteiger partial charge in [-0.15, -0.1) is 0 Å². The van der Waals surface area contributed by atoms with Crippen LogP contribution in [-0.2, 0) is 17.8 Å². The van der Waals surface area contributed by atoms with Crippen molar-refractivity contribution < 1.29 is 4.79 Å². The van der Waals surface area contributed by atoms with Crippen molar-refractivity contribution in [2.75, 3.05) is 5.32 Å². The Morgan fingerprint density at radius 2 is 1.78 bits per heavy atom. The molecule has 4 aromatic rings. The number of nitrogens with zero attached hydrogens (tertiary/aromatic N) is 3. The van der Waals surface area contributed by atoms with E-state index in [9.17, 15) is 9.59 Å². The fourth-order valence-electron chi connectivity index (χ4n) is 4.28. The first-order valence-corrected chi connectivity index (χ1v) is 10.9. The summed E-state index contributed by atoms with van der Waals surface area (Å²) < 4.78 is 3.64. The van der Waals surface area contributed by atoms with Crippen LogP contribution in [0.3, 0.4) is 0 Å². The van der Waals surface area contributed by atoms with Crippen LogP contribution in [0, 0.1) is 20.8 Å². The van der Waals surface area contributed by atoms with Crippen LogP contribution in [0.4, 0.5) is 5.69 Å². The number of pyridine rings is 1. The Balaban J connectivity index is 1.74. The number of para-hydroxylation sites is 1. The lowest BCUT2D eigenvalue weighted by atomic mass is 10.0. The van der Waals surface area contributed by atoms with Crippen molar-refractivity contribution in [3.05, 3.63) is 87.3 Å². The number of anilines is 1. The largest absolute Gasteiger partial charge is 0.326 e. The van der Waals surface area contributed by atoms with Crippen LogP contribution < -0.4 is 10.9 Å². The van der Waals surface area contributed by atoms with Crippen molar-refractivity contribution in [1.29, 1.82) is 0 Å². The lowest BCUT2D eigenvalue weighted by Crippen LogP contribution is -2.27. The number of benzene rings is 2. The summed E-state index contributed by atoms with van der Waals surface area (Å²) in [7, 11) is 0. The summed E-state index contributed by atoms with van der Waals surface area (Å²) in [5.74, 6) is -0.106. The second kappa shape index (κ2) is 8.83. The Labute approximate surface area is 187 Å². The molecule has 2 aromatic carbocycles. The number of aromatic nitrogens is 3. The summed E-state index contributed by atoms with van der Waals surface area (Å²) in [6.07, 6.45) is 0.625. The lowest BCUT2D eigenvalue weighted by Gasteiger charge is -2.14. The average Bonchev–Trinajstić information content (AvgIpc) is 3.12. The minimum Gasteiger partial charge on any atom is -0.326 e. The molecule has 0 bridgehead atoms. The van der Waals surface area contributed by atoms with E-state index in [1.54, 1.807) is 4.57 Å². The van der Waals surface area contributed by atoms with E-state index in [0.29, 0.717) is 18.5 Å². The first-order valence-electron chi connectivity index (χ1n) is 10.9. The molecule has 1 amide bonds. The van der Waals surface area contributed by atoms with Crippen LogP contribution in [0.1, 0.15) is 35.7 Å². The van der Waals surface area contributed by atoms with Crippen molar-refractivity contribution in [3.63, 3.8) is 0 Å². The summed E-state index contributed by atoms with van der Waals surface area (Å²) in [4.78, 5) is 25.9. The fourth-order valence-corrected chi connectivity index (χ4v) is 4.28. The Hall–Kier alpha value is -3.67. The van der Waals surface area contributed by atoms with Gasteiger partial charge in [0.05, 0.1) is 11.4 Å². The van der Waals surface area contributed by atoms with Crippen molar-refractivity contribution in [1.82, 2.24) is 14.3 Å². The molecular formula is C26H28N4O2. The van der Waals surface area contributed by atoms with Gasteiger partial charge in [0.15, 0.2) is 0 Å². The summed E-state index contributed by atoms with van der Waals surface area (Å²) in [6.45, 7) is 8.46. The molecule has 0 atom stereocenters. The number of carbonyl (C=O) groups excluding carboxylic acids is 1. The summed E-state index contributed by atoms with van der Waals surface area (Å²) in [5, 5.41) is 8.65. The number of rotatable bonds is 6. The fraction of sp³-hybridized carbons (Fsp3) is 0.269. The molecule has 6 heteroatoms. The van der Waals surface area contributed by atoms with Gasteiger partial charge >= 0.3 is 0 Å². The van der Waals surface area contributed by atoms with Gasteiger partial charge in [0.2, 0.25) is 5.91 Å².